The number of furan rings is 1. The van der Waals surface area contributed by atoms with Crippen LogP contribution >= 0.6 is 12.2 Å². The molecule has 2 aromatic carbocycles. The van der Waals surface area contributed by atoms with Crippen LogP contribution < -0.4 is 19.7 Å². The largest absolute Gasteiger partial charge is 0.505 e. The number of carbonyl (C=O) groups excluding carboxylic acids is 1. The lowest BCUT2D eigenvalue weighted by Gasteiger charge is -2.36. The molecule has 44 heavy (non-hydrogen) atoms. The summed E-state index contributed by atoms with van der Waals surface area (Å²) in [5, 5.41) is 40.2. The van der Waals surface area contributed by atoms with E-state index in [4.69, 9.17) is 46.5 Å². The maximum atomic E-state index is 10.5. The van der Waals surface area contributed by atoms with Crippen molar-refractivity contribution in [1.29, 1.82) is 0 Å². The van der Waals surface area contributed by atoms with E-state index >= 15 is 0 Å². The molecule has 0 aliphatic carbocycles. The van der Waals surface area contributed by atoms with E-state index in [1.54, 1.807) is 6.33 Å². The first-order chi connectivity index (χ1) is 21.3. The summed E-state index contributed by atoms with van der Waals surface area (Å²) in [6.45, 7) is 3.46. The van der Waals surface area contributed by atoms with Gasteiger partial charge in [0.25, 0.3) is 0 Å². The Hall–Kier alpha value is -4.86. The third-order valence-electron chi connectivity index (χ3n) is 7.36. The van der Waals surface area contributed by atoms with E-state index < -0.39 is 36.3 Å². The molecule has 0 saturated carbocycles. The van der Waals surface area contributed by atoms with Gasteiger partial charge in [0.2, 0.25) is 12.6 Å². The molecule has 0 bridgehead atoms. The highest BCUT2D eigenvalue weighted by Crippen LogP contribution is 2.33. The number of nitrogens with zero attached hydrogens (tertiary/aromatic N) is 4. The van der Waals surface area contributed by atoms with Crippen molar-refractivity contribution in [2.24, 2.45) is 0 Å². The fourth-order valence-corrected chi connectivity index (χ4v) is 5.28. The molecule has 7 rings (SSSR count). The summed E-state index contributed by atoms with van der Waals surface area (Å²) < 4.78 is 21.2. The van der Waals surface area contributed by atoms with Crippen molar-refractivity contribution in [3.63, 3.8) is 0 Å². The number of nitrogens with one attached hydrogen (secondary N) is 1. The summed E-state index contributed by atoms with van der Waals surface area (Å²) in [6, 6.07) is 13.9. The summed E-state index contributed by atoms with van der Waals surface area (Å²) in [7, 11) is 0. The molecule has 2 aromatic heterocycles. The number of aliphatic hydroxyl groups is 4. The molecule has 3 aliphatic heterocycles. The number of rotatable bonds is 5. The Balaban J connectivity index is 0.000000242. The maximum Gasteiger partial charge on any atom is 0.377 e. The minimum atomic E-state index is -1.42. The molecule has 14 nitrogen and oxygen atoms in total. The fourth-order valence-electron chi connectivity index (χ4n) is 5.02. The lowest BCUT2D eigenvalue weighted by molar-refractivity contribution is -0.147. The second-order valence-electron chi connectivity index (χ2n) is 10.1. The molecule has 3 aliphatic rings. The number of aromatic nitrogens is 2. The Bertz CT molecular complexity index is 1740. The Labute approximate surface area is 255 Å². The molecule has 2 atom stereocenters. The first-order valence-electron chi connectivity index (χ1n) is 13.7. The number of piperazine rings is 1. The van der Waals surface area contributed by atoms with Gasteiger partial charge in [-0.3, -0.25) is 0 Å². The smallest absolute Gasteiger partial charge is 0.377 e. The lowest BCUT2D eigenvalue weighted by Crippen LogP contribution is -2.51. The molecule has 1 fully saturated rings. The van der Waals surface area contributed by atoms with Gasteiger partial charge in [0.15, 0.2) is 39.9 Å². The molecular formula is C29H29N5O9S. The van der Waals surface area contributed by atoms with E-state index in [1.807, 2.05) is 42.5 Å². The Morgan fingerprint density at radius 3 is 2.59 bits per heavy atom. The lowest BCUT2D eigenvalue weighted by atomic mass is 10.2. The second kappa shape index (κ2) is 12.4. The van der Waals surface area contributed by atoms with Crippen molar-refractivity contribution < 1.29 is 43.8 Å². The number of carbonyl (C=O) groups is 1. The highest BCUT2D eigenvalue weighted by molar-refractivity contribution is 7.80. The van der Waals surface area contributed by atoms with Crippen molar-refractivity contribution in [3.8, 4) is 11.5 Å². The molecule has 0 radical (unpaired) electrons. The van der Waals surface area contributed by atoms with Gasteiger partial charge in [0, 0.05) is 38.1 Å². The van der Waals surface area contributed by atoms with Crippen LogP contribution in [0.1, 0.15) is 5.56 Å². The van der Waals surface area contributed by atoms with Crippen molar-refractivity contribution in [2.75, 3.05) is 44.5 Å². The average Bonchev–Trinajstić information content (AvgIpc) is 3.76. The molecule has 4 aromatic rings. The highest BCUT2D eigenvalue weighted by atomic mass is 32.1. The molecule has 5 N–H and O–H groups in total. The molecule has 5 heterocycles. The van der Waals surface area contributed by atoms with Gasteiger partial charge in [0.1, 0.15) is 23.5 Å². The number of aliphatic hydroxyl groups excluding tert-OH is 4. The normalized spacial score (nSPS) is 18.3. The quantitative estimate of drug-likeness (QED) is 0.160. The van der Waals surface area contributed by atoms with Crippen molar-refractivity contribution in [2.45, 2.75) is 18.8 Å². The summed E-state index contributed by atoms with van der Waals surface area (Å²) >= 11 is 5.64. The highest BCUT2D eigenvalue weighted by Gasteiger charge is 2.38. The number of anilines is 1. The predicted octanol–water partition coefficient (Wildman–Crippen LogP) is 1.89. The number of esters is 1. The van der Waals surface area contributed by atoms with Crippen molar-refractivity contribution in [3.05, 3.63) is 65.9 Å². The van der Waals surface area contributed by atoms with Gasteiger partial charge in [-0.2, -0.15) is 0 Å². The number of ether oxygens (including phenoxy) is 3. The average molecular weight is 624 g/mol. The zero-order valence-corrected chi connectivity index (χ0v) is 24.1. The number of benzene rings is 2. The van der Waals surface area contributed by atoms with Gasteiger partial charge in [0.05, 0.1) is 6.61 Å². The fraction of sp³-hybridized carbons (Fsp3) is 0.310. The van der Waals surface area contributed by atoms with Crippen LogP contribution in [-0.2, 0) is 16.1 Å². The van der Waals surface area contributed by atoms with Crippen molar-refractivity contribution >= 4 is 51.2 Å². The Morgan fingerprint density at radius 1 is 1.07 bits per heavy atom. The zero-order chi connectivity index (χ0) is 30.8. The van der Waals surface area contributed by atoms with Gasteiger partial charge in [-0.15, -0.1) is 0 Å². The molecular weight excluding hydrogens is 594 g/mol. The topological polar surface area (TPSA) is 183 Å². The van der Waals surface area contributed by atoms with Gasteiger partial charge in [-0.25, -0.2) is 14.8 Å². The molecule has 1 saturated heterocycles. The van der Waals surface area contributed by atoms with E-state index in [1.165, 1.54) is 0 Å². The van der Waals surface area contributed by atoms with Gasteiger partial charge in [-0.1, -0.05) is 18.2 Å². The number of fused-ring (bicyclic) bond motifs is 4. The maximum absolute atomic E-state index is 10.5. The summed E-state index contributed by atoms with van der Waals surface area (Å²) in [6.07, 6.45) is -1.16. The first kappa shape index (κ1) is 29.2. The number of thiocarbonyl (C=S) groups is 1. The van der Waals surface area contributed by atoms with Gasteiger partial charge >= 0.3 is 5.97 Å². The minimum Gasteiger partial charge on any atom is -0.505 e. The van der Waals surface area contributed by atoms with E-state index in [0.717, 1.165) is 76.2 Å². The zero-order valence-electron chi connectivity index (χ0n) is 23.3. The Morgan fingerprint density at radius 2 is 1.84 bits per heavy atom. The van der Waals surface area contributed by atoms with E-state index in [0.29, 0.717) is 6.54 Å². The van der Waals surface area contributed by atoms with Crippen LogP contribution in [0.5, 0.6) is 11.5 Å². The number of para-hydroxylation sites is 1. The third kappa shape index (κ3) is 5.71. The van der Waals surface area contributed by atoms with Crippen LogP contribution in [0.15, 0.2) is 64.7 Å². The first-order valence-corrected chi connectivity index (χ1v) is 14.2. The standard InChI is InChI=1S/C23H21N5O3S.C6H8O6/c32-23(24-12-15-5-6-18-19(11-15)30-14-29-18)28-9-7-27(8-10-28)22-21-20(25-13-26-22)16-3-1-2-4-17(16)31-21;7-1-2(8)5-3(9)4(10)6(11)12-5/h1-6,11,13H,7-10,12,14H2,(H,24,32);2,5,7-10H,1H2/t;2-,5+/m.0/s1. The molecule has 230 valence electrons. The second-order valence-corrected chi connectivity index (χ2v) is 10.5. The predicted molar refractivity (Wildman–Crippen MR) is 160 cm³/mol. The van der Waals surface area contributed by atoms with Gasteiger partial charge < -0.3 is 54.2 Å². The Kier molecular flexibility index (Phi) is 8.23. The summed E-state index contributed by atoms with van der Waals surface area (Å²) in [4.78, 5) is 23.9. The molecule has 0 amide bonds. The number of hydrogen-bond donors (Lipinski definition) is 5. The van der Waals surface area contributed by atoms with E-state index in [9.17, 15) is 4.79 Å². The van der Waals surface area contributed by atoms with Crippen LogP contribution in [-0.4, -0.2) is 98.2 Å². The van der Waals surface area contributed by atoms with Crippen molar-refractivity contribution in [1.82, 2.24) is 20.2 Å². The number of hydrogen-bond acceptors (Lipinski definition) is 13. The van der Waals surface area contributed by atoms with Crippen LogP contribution in [0.3, 0.4) is 0 Å². The number of cyclic esters (lactones) is 1. The summed E-state index contributed by atoms with van der Waals surface area (Å²) in [5.41, 5.74) is 3.53. The molecule has 0 spiro atoms. The monoisotopic (exact) mass is 623 g/mol. The molecule has 0 unspecified atom stereocenters. The van der Waals surface area contributed by atoms with Crippen LogP contribution in [0, 0.1) is 0 Å². The van der Waals surface area contributed by atoms with Crippen LogP contribution in [0.25, 0.3) is 22.1 Å². The summed E-state index contributed by atoms with van der Waals surface area (Å²) in [5.74, 6) is -0.370. The SMILES string of the molecule is O=C1O[C@H]([C@@H](O)CO)C(O)=C1O.S=C(NCc1ccc2c(c1)OCO2)N1CCN(c2ncnc3c2oc2ccccc23)CC1. The minimum absolute atomic E-state index is 0.279. The van der Waals surface area contributed by atoms with Gasteiger partial charge in [-0.05, 0) is 42.0 Å². The van der Waals surface area contributed by atoms with E-state index in [2.05, 4.69) is 29.8 Å². The van der Waals surface area contributed by atoms with E-state index in [-0.39, 0.29) is 6.79 Å². The van der Waals surface area contributed by atoms with Crippen LogP contribution in [0.2, 0.25) is 0 Å². The van der Waals surface area contributed by atoms with Crippen LogP contribution in [0.4, 0.5) is 5.82 Å². The molecule has 15 heteroatoms. The third-order valence-corrected chi connectivity index (χ3v) is 7.76.